The van der Waals surface area contributed by atoms with Crippen LogP contribution in [0, 0.1) is 18.8 Å². The first-order chi connectivity index (χ1) is 16.6. The molecule has 0 unspecified atom stereocenters. The van der Waals surface area contributed by atoms with Gasteiger partial charge in [-0.25, -0.2) is 4.98 Å². The fourth-order valence-electron chi connectivity index (χ4n) is 4.45. The summed E-state index contributed by atoms with van der Waals surface area (Å²) < 4.78 is 6.06. The lowest BCUT2D eigenvalue weighted by Gasteiger charge is -2.28. The van der Waals surface area contributed by atoms with E-state index in [4.69, 9.17) is 16.3 Å². The predicted octanol–water partition coefficient (Wildman–Crippen LogP) is 5.73. The van der Waals surface area contributed by atoms with Crippen molar-refractivity contribution in [3.05, 3.63) is 82.6 Å². The van der Waals surface area contributed by atoms with Gasteiger partial charge in [0.1, 0.15) is 18.1 Å². The van der Waals surface area contributed by atoms with Crippen LogP contribution in [-0.2, 0) is 0 Å². The maximum atomic E-state index is 9.39. The van der Waals surface area contributed by atoms with E-state index in [2.05, 4.69) is 21.7 Å². The smallest absolute Gasteiger partial charge is 0.122 e. The molecule has 0 aliphatic heterocycles. The van der Waals surface area contributed by atoms with Crippen LogP contribution >= 0.6 is 11.6 Å². The first-order valence-corrected chi connectivity index (χ1v) is 12.3. The van der Waals surface area contributed by atoms with Crippen molar-refractivity contribution in [2.24, 2.45) is 0 Å². The molecule has 2 aromatic carbocycles. The summed E-state index contributed by atoms with van der Waals surface area (Å²) in [4.78, 5) is 6.85. The summed E-state index contributed by atoms with van der Waals surface area (Å²) in [5, 5.41) is 10.1. The van der Waals surface area contributed by atoms with Gasteiger partial charge in [-0.2, -0.15) is 0 Å². The summed E-state index contributed by atoms with van der Waals surface area (Å²) in [6, 6.07) is 18.3. The van der Waals surface area contributed by atoms with E-state index in [1.807, 2.05) is 67.7 Å². The van der Waals surface area contributed by atoms with Crippen LogP contribution in [-0.4, -0.2) is 47.3 Å². The molecule has 1 saturated carbocycles. The van der Waals surface area contributed by atoms with Crippen molar-refractivity contribution in [2.75, 3.05) is 26.3 Å². The lowest BCUT2D eigenvalue weighted by atomic mass is 10.1. The third-order valence-corrected chi connectivity index (χ3v) is 6.57. The van der Waals surface area contributed by atoms with Gasteiger partial charge in [0.05, 0.1) is 6.61 Å². The van der Waals surface area contributed by atoms with Gasteiger partial charge in [0, 0.05) is 41.5 Å². The van der Waals surface area contributed by atoms with Gasteiger partial charge < -0.3 is 9.84 Å². The Morgan fingerprint density at radius 3 is 2.44 bits per heavy atom. The van der Waals surface area contributed by atoms with E-state index in [9.17, 15) is 5.11 Å². The molecule has 0 bridgehead atoms. The minimum absolute atomic E-state index is 0.196. The molecule has 1 heterocycles. The van der Waals surface area contributed by atoms with Crippen molar-refractivity contribution in [3.63, 3.8) is 0 Å². The molecule has 1 aliphatic rings. The van der Waals surface area contributed by atoms with Gasteiger partial charge >= 0.3 is 0 Å². The Morgan fingerprint density at radius 1 is 1.00 bits per heavy atom. The Hall–Kier alpha value is -2.84. The van der Waals surface area contributed by atoms with Gasteiger partial charge in [0.25, 0.3) is 0 Å². The highest BCUT2D eigenvalue weighted by molar-refractivity contribution is 6.30. The van der Waals surface area contributed by atoms with Crippen LogP contribution in [0.15, 0.2) is 60.8 Å². The van der Waals surface area contributed by atoms with Gasteiger partial charge in [-0.15, -0.1) is 0 Å². The van der Waals surface area contributed by atoms with Gasteiger partial charge in [-0.3, -0.25) is 4.90 Å². The van der Waals surface area contributed by atoms with Crippen molar-refractivity contribution in [3.8, 4) is 28.7 Å². The molecule has 1 N–H and O–H groups in total. The maximum absolute atomic E-state index is 9.39. The summed E-state index contributed by atoms with van der Waals surface area (Å²) in [6.07, 6.45) is 6.87. The molecule has 0 saturated heterocycles. The summed E-state index contributed by atoms with van der Waals surface area (Å²) in [6.45, 7) is 4.41. The number of benzene rings is 2. The van der Waals surface area contributed by atoms with E-state index < -0.39 is 0 Å². The number of halogens is 1. The number of aliphatic hydroxyl groups excluding tert-OH is 1. The lowest BCUT2D eigenvalue weighted by Crippen LogP contribution is -2.38. The molecule has 1 fully saturated rings. The molecule has 0 amide bonds. The highest BCUT2D eigenvalue weighted by atomic mass is 35.5. The van der Waals surface area contributed by atoms with E-state index in [0.717, 1.165) is 51.8 Å². The molecule has 3 aromatic rings. The third kappa shape index (κ3) is 6.61. The quantitative estimate of drug-likeness (QED) is 0.424. The molecule has 1 aromatic heterocycles. The molecule has 176 valence electrons. The Bertz CT molecular complexity index is 1130. The largest absolute Gasteiger partial charge is 0.492 e. The first-order valence-electron chi connectivity index (χ1n) is 11.9. The van der Waals surface area contributed by atoms with Crippen molar-refractivity contribution >= 4 is 11.6 Å². The highest BCUT2D eigenvalue weighted by Gasteiger charge is 2.21. The van der Waals surface area contributed by atoms with Crippen molar-refractivity contribution in [1.29, 1.82) is 0 Å². The minimum Gasteiger partial charge on any atom is -0.492 e. The SMILES string of the molecule is Cc1cc(C#Cc2ccc(-c3ccc(Cl)cc3)cn2)ccc1OCCN(CCO)C1CCCC1. The number of aromatic nitrogens is 1. The zero-order valence-corrected chi connectivity index (χ0v) is 20.4. The molecule has 0 atom stereocenters. The van der Waals surface area contributed by atoms with E-state index in [1.54, 1.807) is 0 Å². The summed E-state index contributed by atoms with van der Waals surface area (Å²) in [5.74, 6) is 7.23. The van der Waals surface area contributed by atoms with Crippen LogP contribution in [0.3, 0.4) is 0 Å². The normalized spacial score (nSPS) is 13.6. The maximum Gasteiger partial charge on any atom is 0.122 e. The summed E-state index contributed by atoms with van der Waals surface area (Å²) in [5.41, 5.74) is 4.83. The average molecular weight is 475 g/mol. The summed E-state index contributed by atoms with van der Waals surface area (Å²) >= 11 is 5.97. The van der Waals surface area contributed by atoms with Crippen LogP contribution in [0.4, 0.5) is 0 Å². The van der Waals surface area contributed by atoms with E-state index in [0.29, 0.717) is 12.6 Å². The van der Waals surface area contributed by atoms with Crippen molar-refractivity contribution in [1.82, 2.24) is 9.88 Å². The number of ether oxygens (including phenoxy) is 1. The second kappa shape index (κ2) is 12.0. The Morgan fingerprint density at radius 2 is 1.76 bits per heavy atom. The predicted molar refractivity (Wildman–Crippen MR) is 138 cm³/mol. The fraction of sp³-hybridized carbons (Fsp3) is 0.345. The molecule has 1 aliphatic carbocycles. The number of nitrogens with zero attached hydrogens (tertiary/aromatic N) is 2. The molecule has 0 spiro atoms. The van der Waals surface area contributed by atoms with Crippen LogP contribution < -0.4 is 4.74 Å². The monoisotopic (exact) mass is 474 g/mol. The number of pyridine rings is 1. The number of aryl methyl sites for hydroxylation is 1. The number of rotatable bonds is 8. The average Bonchev–Trinajstić information content (AvgIpc) is 3.39. The molecular weight excluding hydrogens is 444 g/mol. The Balaban J connectivity index is 1.34. The van der Waals surface area contributed by atoms with E-state index in [1.165, 1.54) is 25.7 Å². The molecule has 5 heteroatoms. The van der Waals surface area contributed by atoms with Gasteiger partial charge in [0.15, 0.2) is 0 Å². The second-order valence-corrected chi connectivity index (χ2v) is 9.15. The Labute approximate surface area is 207 Å². The third-order valence-electron chi connectivity index (χ3n) is 6.32. The van der Waals surface area contributed by atoms with Gasteiger partial charge in [-0.05, 0) is 73.2 Å². The minimum atomic E-state index is 0.196. The fourth-order valence-corrected chi connectivity index (χ4v) is 4.58. The van der Waals surface area contributed by atoms with Crippen LogP contribution in [0.1, 0.15) is 42.5 Å². The standard InChI is InChI=1S/C29H31ClN2O2/c1-22-20-23(6-13-27-14-10-25(21-31-27)24-8-11-26(30)12-9-24)7-15-29(22)34-19-17-32(16-18-33)28-4-2-3-5-28/h7-12,14-15,20-21,28,33H,2-5,16-19H2,1H3. The second-order valence-electron chi connectivity index (χ2n) is 8.72. The molecular formula is C29H31ClN2O2. The number of hydrogen-bond acceptors (Lipinski definition) is 4. The zero-order chi connectivity index (χ0) is 23.8. The van der Waals surface area contributed by atoms with Gasteiger partial charge in [-0.1, -0.05) is 48.6 Å². The molecule has 4 nitrogen and oxygen atoms in total. The highest BCUT2D eigenvalue weighted by Crippen LogP contribution is 2.24. The molecule has 34 heavy (non-hydrogen) atoms. The number of aliphatic hydroxyl groups is 1. The van der Waals surface area contributed by atoms with Gasteiger partial charge in [0.2, 0.25) is 0 Å². The van der Waals surface area contributed by atoms with Crippen molar-refractivity contribution in [2.45, 2.75) is 38.6 Å². The van der Waals surface area contributed by atoms with E-state index in [-0.39, 0.29) is 6.61 Å². The van der Waals surface area contributed by atoms with Crippen LogP contribution in [0.5, 0.6) is 5.75 Å². The lowest BCUT2D eigenvalue weighted by molar-refractivity contribution is 0.129. The zero-order valence-electron chi connectivity index (χ0n) is 19.6. The summed E-state index contributed by atoms with van der Waals surface area (Å²) in [7, 11) is 0. The van der Waals surface area contributed by atoms with Crippen molar-refractivity contribution < 1.29 is 9.84 Å². The molecule has 0 radical (unpaired) electrons. The van der Waals surface area contributed by atoms with Crippen LogP contribution in [0.2, 0.25) is 5.02 Å². The van der Waals surface area contributed by atoms with E-state index >= 15 is 0 Å². The molecule has 4 rings (SSSR count). The first kappa shape index (κ1) is 24.3. The van der Waals surface area contributed by atoms with Crippen LogP contribution in [0.25, 0.3) is 11.1 Å². The topological polar surface area (TPSA) is 45.6 Å². The number of hydrogen-bond donors (Lipinski definition) is 1. The Kier molecular flexibility index (Phi) is 8.60.